The Morgan fingerprint density at radius 1 is 1.46 bits per heavy atom. The van der Waals surface area contributed by atoms with Gasteiger partial charge in [-0.2, -0.15) is 10.4 Å². The Morgan fingerprint density at radius 2 is 2.29 bits per heavy atom. The molecule has 0 aliphatic carbocycles. The summed E-state index contributed by atoms with van der Waals surface area (Å²) in [5.41, 5.74) is 1.77. The first-order chi connectivity index (χ1) is 13.5. The summed E-state index contributed by atoms with van der Waals surface area (Å²) in [7, 11) is 1.73. The monoisotopic (exact) mass is 459 g/mol. The summed E-state index contributed by atoms with van der Waals surface area (Å²) in [6, 6.07) is 3.82. The van der Waals surface area contributed by atoms with Crippen molar-refractivity contribution in [2.24, 2.45) is 7.05 Å². The average molecular weight is 460 g/mol. The van der Waals surface area contributed by atoms with Crippen LogP contribution < -0.4 is 5.32 Å². The molecule has 0 unspecified atom stereocenters. The van der Waals surface area contributed by atoms with Gasteiger partial charge in [0.1, 0.15) is 17.3 Å². The molecule has 0 spiro atoms. The molecule has 1 aliphatic rings. The first-order valence-corrected chi connectivity index (χ1v) is 9.95. The summed E-state index contributed by atoms with van der Waals surface area (Å²) in [5, 5.41) is 16.9. The van der Waals surface area contributed by atoms with Crippen molar-refractivity contribution < 1.29 is 14.0 Å². The van der Waals surface area contributed by atoms with E-state index in [1.807, 2.05) is 0 Å². The number of carbonyl (C=O) groups excluding carboxylic acids is 2. The van der Waals surface area contributed by atoms with Crippen LogP contribution in [0.25, 0.3) is 0 Å². The molecule has 8 nitrogen and oxygen atoms in total. The van der Waals surface area contributed by atoms with Gasteiger partial charge in [-0.25, -0.2) is 0 Å². The first-order valence-electron chi connectivity index (χ1n) is 8.34. The Labute approximate surface area is 172 Å². The minimum atomic E-state index is -0.323. The highest BCUT2D eigenvalue weighted by molar-refractivity contribution is 9.10. The van der Waals surface area contributed by atoms with E-state index >= 15 is 0 Å². The quantitative estimate of drug-likeness (QED) is 0.647. The van der Waals surface area contributed by atoms with Crippen LogP contribution in [0.2, 0.25) is 0 Å². The molecule has 0 saturated carbocycles. The van der Waals surface area contributed by atoms with Gasteiger partial charge in [-0.15, -0.1) is 11.3 Å². The molecular formula is C18H14BrN5O3S. The maximum Gasteiger partial charge on any atom is 0.289 e. The van der Waals surface area contributed by atoms with Crippen LogP contribution >= 0.6 is 27.3 Å². The van der Waals surface area contributed by atoms with Gasteiger partial charge in [0.25, 0.3) is 11.8 Å². The fourth-order valence-corrected chi connectivity index (χ4v) is 4.59. The van der Waals surface area contributed by atoms with Gasteiger partial charge in [0.2, 0.25) is 0 Å². The third kappa shape index (κ3) is 3.34. The number of nitrogens with one attached hydrogen (secondary N) is 1. The number of amides is 2. The van der Waals surface area contributed by atoms with Gasteiger partial charge in [-0.3, -0.25) is 14.3 Å². The van der Waals surface area contributed by atoms with Gasteiger partial charge in [-0.1, -0.05) is 0 Å². The molecule has 0 saturated heterocycles. The molecule has 3 aromatic rings. The summed E-state index contributed by atoms with van der Waals surface area (Å²) in [4.78, 5) is 27.6. The summed E-state index contributed by atoms with van der Waals surface area (Å²) in [5.74, 6) is -0.265. The van der Waals surface area contributed by atoms with Crippen LogP contribution in [-0.4, -0.2) is 33.0 Å². The fourth-order valence-electron chi connectivity index (χ4n) is 3.08. The van der Waals surface area contributed by atoms with Crippen molar-refractivity contribution in [3.63, 3.8) is 0 Å². The molecule has 0 atom stereocenters. The number of rotatable bonds is 3. The van der Waals surface area contributed by atoms with Crippen molar-refractivity contribution in [1.29, 1.82) is 5.26 Å². The molecule has 0 fully saturated rings. The fraction of sp³-hybridized carbons (Fsp3) is 0.222. The number of carbonyl (C=O) groups is 2. The Morgan fingerprint density at radius 3 is 2.93 bits per heavy atom. The second-order valence-corrected chi connectivity index (χ2v) is 8.30. The van der Waals surface area contributed by atoms with Crippen LogP contribution in [0.1, 0.15) is 36.9 Å². The normalized spacial score (nSPS) is 13.1. The maximum absolute atomic E-state index is 12.6. The molecule has 0 bridgehead atoms. The third-order valence-electron chi connectivity index (χ3n) is 4.43. The Kier molecular flexibility index (Phi) is 4.78. The van der Waals surface area contributed by atoms with E-state index < -0.39 is 0 Å². The smallest absolute Gasteiger partial charge is 0.289 e. The van der Waals surface area contributed by atoms with E-state index in [4.69, 9.17) is 4.42 Å². The lowest BCUT2D eigenvalue weighted by Gasteiger charge is -2.26. The van der Waals surface area contributed by atoms with E-state index in [1.54, 1.807) is 24.2 Å². The van der Waals surface area contributed by atoms with Gasteiger partial charge in [-0.05, 0) is 27.9 Å². The second kappa shape index (κ2) is 7.26. The van der Waals surface area contributed by atoms with Crippen molar-refractivity contribution in [2.45, 2.75) is 13.0 Å². The predicted octanol–water partition coefficient (Wildman–Crippen LogP) is 3.16. The molecule has 0 aromatic carbocycles. The minimum Gasteiger partial charge on any atom is -0.458 e. The molecular weight excluding hydrogens is 446 g/mol. The van der Waals surface area contributed by atoms with E-state index in [0.29, 0.717) is 40.1 Å². The zero-order chi connectivity index (χ0) is 19.8. The SMILES string of the molecule is Cn1cc(C(=O)Nc2sc3c(c2C#N)CCN(C(=O)c2cc(Br)co2)C3)cn1. The van der Waals surface area contributed by atoms with E-state index in [-0.39, 0.29) is 17.6 Å². The van der Waals surface area contributed by atoms with Crippen molar-refractivity contribution in [3.05, 3.63) is 56.5 Å². The van der Waals surface area contributed by atoms with Crippen molar-refractivity contribution in [2.75, 3.05) is 11.9 Å². The van der Waals surface area contributed by atoms with Gasteiger partial charge in [0.05, 0.1) is 28.3 Å². The van der Waals surface area contributed by atoms with Gasteiger partial charge in [0.15, 0.2) is 5.76 Å². The second-order valence-electron chi connectivity index (χ2n) is 6.28. The van der Waals surface area contributed by atoms with Gasteiger partial charge >= 0.3 is 0 Å². The summed E-state index contributed by atoms with van der Waals surface area (Å²) >= 11 is 4.59. The van der Waals surface area contributed by atoms with E-state index in [9.17, 15) is 14.9 Å². The number of anilines is 1. The summed E-state index contributed by atoms with van der Waals surface area (Å²) < 4.78 is 7.51. The topological polar surface area (TPSA) is 104 Å². The lowest BCUT2D eigenvalue weighted by atomic mass is 10.0. The standard InChI is InChI=1S/C18H14BrN5O3S/c1-23-7-10(6-21-23)16(25)22-17-13(5-20)12-2-3-24(8-15(12)28-17)18(26)14-4-11(19)9-27-14/h4,6-7,9H,2-3,8H2,1H3,(H,22,25). The molecule has 1 aliphatic heterocycles. The molecule has 28 heavy (non-hydrogen) atoms. The minimum absolute atomic E-state index is 0.204. The number of aromatic nitrogens is 2. The number of hydrogen-bond acceptors (Lipinski definition) is 6. The predicted molar refractivity (Wildman–Crippen MR) is 105 cm³/mol. The zero-order valence-corrected chi connectivity index (χ0v) is 17.1. The van der Waals surface area contributed by atoms with Crippen LogP contribution in [0.15, 0.2) is 33.6 Å². The molecule has 142 valence electrons. The molecule has 10 heteroatoms. The summed E-state index contributed by atoms with van der Waals surface area (Å²) in [6.45, 7) is 0.847. The van der Waals surface area contributed by atoms with Crippen LogP contribution in [0.5, 0.6) is 0 Å². The van der Waals surface area contributed by atoms with Crippen LogP contribution in [0, 0.1) is 11.3 Å². The Hall–Kier alpha value is -2.90. The van der Waals surface area contributed by atoms with E-state index in [2.05, 4.69) is 32.4 Å². The van der Waals surface area contributed by atoms with E-state index in [1.165, 1.54) is 28.5 Å². The number of hydrogen-bond donors (Lipinski definition) is 1. The highest BCUT2D eigenvalue weighted by atomic mass is 79.9. The number of nitrogens with zero attached hydrogens (tertiary/aromatic N) is 4. The summed E-state index contributed by atoms with van der Waals surface area (Å²) in [6.07, 6.45) is 5.09. The number of halogens is 1. The van der Waals surface area contributed by atoms with Gasteiger partial charge < -0.3 is 14.6 Å². The number of thiophene rings is 1. The average Bonchev–Trinajstić information content (AvgIpc) is 3.38. The first kappa shape index (κ1) is 18.5. The largest absolute Gasteiger partial charge is 0.458 e. The maximum atomic E-state index is 12.6. The highest BCUT2D eigenvalue weighted by Crippen LogP contribution is 2.37. The van der Waals surface area contributed by atoms with Crippen LogP contribution in [0.4, 0.5) is 5.00 Å². The van der Waals surface area contributed by atoms with Crippen LogP contribution in [0.3, 0.4) is 0 Å². The highest BCUT2D eigenvalue weighted by Gasteiger charge is 2.29. The molecule has 4 rings (SSSR count). The lowest BCUT2D eigenvalue weighted by molar-refractivity contribution is 0.0704. The Balaban J connectivity index is 1.56. The Bertz CT molecular complexity index is 1120. The van der Waals surface area contributed by atoms with Gasteiger partial charge in [0, 0.05) is 30.7 Å². The lowest BCUT2D eigenvalue weighted by Crippen LogP contribution is -2.35. The molecule has 0 radical (unpaired) electrons. The molecule has 1 N–H and O–H groups in total. The zero-order valence-electron chi connectivity index (χ0n) is 14.7. The van der Waals surface area contributed by atoms with E-state index in [0.717, 1.165) is 10.4 Å². The van der Waals surface area contributed by atoms with Crippen LogP contribution in [-0.2, 0) is 20.0 Å². The number of fused-ring (bicyclic) bond motifs is 1. The third-order valence-corrected chi connectivity index (χ3v) is 5.98. The number of aryl methyl sites for hydroxylation is 1. The number of nitriles is 1. The molecule has 4 heterocycles. The molecule has 2 amide bonds. The van der Waals surface area contributed by atoms with Crippen molar-refractivity contribution in [1.82, 2.24) is 14.7 Å². The molecule has 3 aromatic heterocycles. The number of furan rings is 1. The van der Waals surface area contributed by atoms with Crippen molar-refractivity contribution in [3.8, 4) is 6.07 Å². The van der Waals surface area contributed by atoms with Crippen molar-refractivity contribution >= 4 is 44.1 Å².